The van der Waals surface area contributed by atoms with Crippen molar-refractivity contribution in [3.8, 4) is 5.75 Å². The number of amides is 3. The molecular formula is C19H18ClFN4O4. The molecule has 0 atom stereocenters. The molecule has 4 N–H and O–H groups in total. The van der Waals surface area contributed by atoms with Crippen molar-refractivity contribution in [2.75, 3.05) is 13.2 Å². The highest BCUT2D eigenvalue weighted by Crippen LogP contribution is 2.20. The number of pyridine rings is 1. The second-order valence-corrected chi connectivity index (χ2v) is 6.21. The van der Waals surface area contributed by atoms with Crippen LogP contribution >= 0.6 is 11.6 Å². The first-order valence-electron chi connectivity index (χ1n) is 8.35. The van der Waals surface area contributed by atoms with Crippen LogP contribution in [0.25, 0.3) is 0 Å². The van der Waals surface area contributed by atoms with E-state index in [1.807, 2.05) is 0 Å². The van der Waals surface area contributed by atoms with Crippen LogP contribution in [0.3, 0.4) is 0 Å². The highest BCUT2D eigenvalue weighted by atomic mass is 35.5. The molecule has 152 valence electrons. The molecule has 0 unspecified atom stereocenters. The van der Waals surface area contributed by atoms with E-state index in [1.165, 1.54) is 30.6 Å². The van der Waals surface area contributed by atoms with Gasteiger partial charge in [-0.1, -0.05) is 18.2 Å². The first-order valence-corrected chi connectivity index (χ1v) is 8.73. The number of rotatable bonds is 9. The number of ether oxygens (including phenoxy) is 1. The Morgan fingerprint density at radius 1 is 1.24 bits per heavy atom. The molecule has 2 aromatic rings. The van der Waals surface area contributed by atoms with Crippen molar-refractivity contribution in [3.63, 3.8) is 0 Å². The van der Waals surface area contributed by atoms with Gasteiger partial charge in [0.15, 0.2) is 6.61 Å². The quantitative estimate of drug-likeness (QED) is 0.570. The van der Waals surface area contributed by atoms with Gasteiger partial charge in [-0.15, -0.1) is 0 Å². The molecule has 1 aromatic carbocycles. The van der Waals surface area contributed by atoms with Gasteiger partial charge in [0, 0.05) is 37.1 Å². The standard InChI is InChI=1S/C19H18ClFN4O4/c1-11(25-17(26)10-29-12-2-3-15(20)16(21)8-12)4-7-24-19(28)14-9-23-6-5-13(14)18(22)27/h2-3,5-6,8-9H,1,4,7,10H2,(H2,22,27)(H,24,28)(H,25,26). The van der Waals surface area contributed by atoms with Gasteiger partial charge in [-0.3, -0.25) is 19.4 Å². The third kappa shape index (κ3) is 6.58. The number of aromatic nitrogens is 1. The SMILES string of the molecule is C=C(CCNC(=O)c1cnccc1C(N)=O)NC(=O)COc1ccc(Cl)c(F)c1. The van der Waals surface area contributed by atoms with Crippen molar-refractivity contribution in [1.29, 1.82) is 0 Å². The van der Waals surface area contributed by atoms with Crippen LogP contribution in [0.1, 0.15) is 27.1 Å². The van der Waals surface area contributed by atoms with Gasteiger partial charge in [0.05, 0.1) is 16.1 Å². The zero-order valence-corrected chi connectivity index (χ0v) is 16.0. The number of hydrogen-bond acceptors (Lipinski definition) is 5. The molecule has 1 aromatic heterocycles. The van der Waals surface area contributed by atoms with E-state index in [2.05, 4.69) is 22.2 Å². The number of nitrogens with zero attached hydrogens (tertiary/aromatic N) is 1. The fraction of sp³-hybridized carbons (Fsp3) is 0.158. The van der Waals surface area contributed by atoms with E-state index < -0.39 is 23.5 Å². The average molecular weight is 421 g/mol. The lowest BCUT2D eigenvalue weighted by Gasteiger charge is -2.11. The topological polar surface area (TPSA) is 123 Å². The van der Waals surface area contributed by atoms with Gasteiger partial charge in [-0.25, -0.2) is 4.39 Å². The summed E-state index contributed by atoms with van der Waals surface area (Å²) >= 11 is 5.57. The monoisotopic (exact) mass is 420 g/mol. The second kappa shape index (κ2) is 10.2. The minimum absolute atomic E-state index is 0.0496. The summed E-state index contributed by atoms with van der Waals surface area (Å²) < 4.78 is 18.5. The molecule has 0 spiro atoms. The maximum absolute atomic E-state index is 13.3. The molecular weight excluding hydrogens is 403 g/mol. The predicted octanol–water partition coefficient (Wildman–Crippen LogP) is 1.80. The van der Waals surface area contributed by atoms with Crippen molar-refractivity contribution < 1.29 is 23.5 Å². The predicted molar refractivity (Wildman–Crippen MR) is 104 cm³/mol. The Hall–Kier alpha value is -3.46. The number of carbonyl (C=O) groups is 3. The number of carbonyl (C=O) groups excluding carboxylic acids is 3. The maximum Gasteiger partial charge on any atom is 0.262 e. The second-order valence-electron chi connectivity index (χ2n) is 5.81. The maximum atomic E-state index is 13.3. The molecule has 0 saturated heterocycles. The summed E-state index contributed by atoms with van der Waals surface area (Å²) in [5.41, 5.74) is 5.67. The molecule has 8 nitrogen and oxygen atoms in total. The number of hydrogen-bond donors (Lipinski definition) is 3. The summed E-state index contributed by atoms with van der Waals surface area (Å²) in [6, 6.07) is 5.17. The molecule has 2 rings (SSSR count). The number of nitrogens with one attached hydrogen (secondary N) is 2. The molecule has 0 fully saturated rings. The Morgan fingerprint density at radius 2 is 2.00 bits per heavy atom. The third-order valence-corrected chi connectivity index (χ3v) is 3.93. The Kier molecular flexibility index (Phi) is 7.67. The summed E-state index contributed by atoms with van der Waals surface area (Å²) in [7, 11) is 0. The summed E-state index contributed by atoms with van der Waals surface area (Å²) in [4.78, 5) is 39.1. The van der Waals surface area contributed by atoms with Crippen molar-refractivity contribution in [2.45, 2.75) is 6.42 Å². The van der Waals surface area contributed by atoms with E-state index >= 15 is 0 Å². The lowest BCUT2D eigenvalue weighted by molar-refractivity contribution is -0.122. The van der Waals surface area contributed by atoms with E-state index in [-0.39, 0.29) is 41.5 Å². The lowest BCUT2D eigenvalue weighted by atomic mass is 10.1. The van der Waals surface area contributed by atoms with Crippen LogP contribution in [-0.4, -0.2) is 35.9 Å². The van der Waals surface area contributed by atoms with Crippen molar-refractivity contribution in [3.05, 3.63) is 70.9 Å². The Morgan fingerprint density at radius 3 is 2.69 bits per heavy atom. The van der Waals surface area contributed by atoms with Crippen LogP contribution in [0.15, 0.2) is 48.9 Å². The van der Waals surface area contributed by atoms with Gasteiger partial charge in [-0.2, -0.15) is 0 Å². The minimum Gasteiger partial charge on any atom is -0.484 e. The molecule has 0 saturated carbocycles. The zero-order chi connectivity index (χ0) is 21.4. The van der Waals surface area contributed by atoms with Gasteiger partial charge in [-0.05, 0) is 18.2 Å². The van der Waals surface area contributed by atoms with Gasteiger partial charge in [0.2, 0.25) is 5.91 Å². The molecule has 0 aliphatic rings. The van der Waals surface area contributed by atoms with E-state index in [0.717, 1.165) is 6.07 Å². The van der Waals surface area contributed by atoms with E-state index in [1.54, 1.807) is 0 Å². The summed E-state index contributed by atoms with van der Waals surface area (Å²) in [5, 5.41) is 5.04. The van der Waals surface area contributed by atoms with Crippen LogP contribution in [0.2, 0.25) is 5.02 Å². The highest BCUT2D eigenvalue weighted by Gasteiger charge is 2.15. The fourth-order valence-electron chi connectivity index (χ4n) is 2.22. The number of benzene rings is 1. The normalized spacial score (nSPS) is 10.1. The van der Waals surface area contributed by atoms with Crippen molar-refractivity contribution >= 4 is 29.3 Å². The minimum atomic E-state index is -0.741. The Bertz CT molecular complexity index is 952. The van der Waals surface area contributed by atoms with E-state index in [0.29, 0.717) is 5.70 Å². The molecule has 1 heterocycles. The molecule has 0 aliphatic heterocycles. The number of nitrogens with two attached hydrogens (primary N) is 1. The molecule has 3 amide bonds. The largest absolute Gasteiger partial charge is 0.484 e. The molecule has 10 heteroatoms. The van der Waals surface area contributed by atoms with Gasteiger partial charge in [0.1, 0.15) is 11.6 Å². The number of primary amides is 1. The smallest absolute Gasteiger partial charge is 0.262 e. The Balaban J connectivity index is 1.75. The summed E-state index contributed by atoms with van der Waals surface area (Å²) in [5.74, 6) is -2.27. The molecule has 0 bridgehead atoms. The van der Waals surface area contributed by atoms with E-state index in [9.17, 15) is 18.8 Å². The van der Waals surface area contributed by atoms with Gasteiger partial charge >= 0.3 is 0 Å². The van der Waals surface area contributed by atoms with Crippen molar-refractivity contribution in [1.82, 2.24) is 15.6 Å². The van der Waals surface area contributed by atoms with Crippen molar-refractivity contribution in [2.24, 2.45) is 5.73 Å². The fourth-order valence-corrected chi connectivity index (χ4v) is 2.34. The molecule has 29 heavy (non-hydrogen) atoms. The Labute approximate surface area is 170 Å². The van der Waals surface area contributed by atoms with E-state index in [4.69, 9.17) is 22.1 Å². The first kappa shape index (κ1) is 21.8. The lowest BCUT2D eigenvalue weighted by Crippen LogP contribution is -2.31. The summed E-state index contributed by atoms with van der Waals surface area (Å²) in [6.45, 7) is 3.48. The molecule has 0 radical (unpaired) electrons. The van der Waals surface area contributed by atoms with Crippen LogP contribution in [0.5, 0.6) is 5.75 Å². The summed E-state index contributed by atoms with van der Waals surface area (Å²) in [6.07, 6.45) is 2.83. The first-order chi connectivity index (χ1) is 13.8. The molecule has 0 aliphatic carbocycles. The van der Waals surface area contributed by atoms with Crippen LogP contribution in [0, 0.1) is 5.82 Å². The third-order valence-electron chi connectivity index (χ3n) is 3.62. The van der Waals surface area contributed by atoms with Gasteiger partial charge < -0.3 is 21.1 Å². The average Bonchev–Trinajstić information content (AvgIpc) is 2.68. The van der Waals surface area contributed by atoms with Crippen LogP contribution in [-0.2, 0) is 4.79 Å². The van der Waals surface area contributed by atoms with Crippen LogP contribution < -0.4 is 21.1 Å². The number of halogens is 2. The van der Waals surface area contributed by atoms with Gasteiger partial charge in [0.25, 0.3) is 11.8 Å². The zero-order valence-electron chi connectivity index (χ0n) is 15.2. The van der Waals surface area contributed by atoms with Crippen LogP contribution in [0.4, 0.5) is 4.39 Å². The highest BCUT2D eigenvalue weighted by molar-refractivity contribution is 6.30.